The van der Waals surface area contributed by atoms with Gasteiger partial charge in [0, 0.05) is 45.3 Å². The summed E-state index contributed by atoms with van der Waals surface area (Å²) in [4.78, 5) is 44.0. The number of rotatable bonds is 5. The summed E-state index contributed by atoms with van der Waals surface area (Å²) in [7, 11) is 0. The summed E-state index contributed by atoms with van der Waals surface area (Å²) in [6.45, 7) is -0.678. The fourth-order valence-corrected chi connectivity index (χ4v) is 7.97. The van der Waals surface area contributed by atoms with Gasteiger partial charge in [0.05, 0.1) is 23.2 Å². The Bertz CT molecular complexity index is 1430. The van der Waals surface area contributed by atoms with Gasteiger partial charge in [0.2, 0.25) is 5.91 Å². The highest BCUT2D eigenvalue weighted by atomic mass is 35.5. The summed E-state index contributed by atoms with van der Waals surface area (Å²) in [6, 6.07) is 6.03. The van der Waals surface area contributed by atoms with Gasteiger partial charge in [0.25, 0.3) is 11.8 Å². The number of hydrogen-bond donors (Lipinski definition) is 2. The highest BCUT2D eigenvalue weighted by Crippen LogP contribution is 2.61. The molecular formula is C27H23Cl4F2N3O4. The molecule has 2 amide bonds. The zero-order valence-electron chi connectivity index (χ0n) is 20.8. The number of halogens is 6. The fraction of sp³-hybridized carbons (Fsp3) is 0.444. The maximum absolute atomic E-state index is 15.1. The number of anilines is 2. The van der Waals surface area contributed by atoms with Crippen molar-refractivity contribution in [3.05, 3.63) is 56.0 Å². The fourth-order valence-electron chi connectivity index (χ4n) is 6.91. The van der Waals surface area contributed by atoms with Crippen LogP contribution < -0.4 is 10.2 Å². The van der Waals surface area contributed by atoms with Crippen molar-refractivity contribution in [3.8, 4) is 0 Å². The number of aliphatic carboxylic acids is 1. The van der Waals surface area contributed by atoms with E-state index >= 15 is 8.78 Å². The van der Waals surface area contributed by atoms with Gasteiger partial charge in [-0.3, -0.25) is 19.3 Å². The summed E-state index contributed by atoms with van der Waals surface area (Å²) in [5.41, 5.74) is -1.64. The molecule has 1 spiro atoms. The number of benzene rings is 2. The van der Waals surface area contributed by atoms with Gasteiger partial charge >= 0.3 is 5.97 Å². The van der Waals surface area contributed by atoms with Gasteiger partial charge in [-0.2, -0.15) is 0 Å². The molecule has 2 aromatic carbocycles. The molecule has 0 bridgehead atoms. The first-order valence-electron chi connectivity index (χ1n) is 12.8. The molecule has 1 saturated carbocycles. The minimum absolute atomic E-state index is 0.0364. The van der Waals surface area contributed by atoms with Crippen LogP contribution >= 0.6 is 46.4 Å². The van der Waals surface area contributed by atoms with E-state index in [0.717, 1.165) is 19.3 Å². The molecule has 3 aliphatic heterocycles. The van der Waals surface area contributed by atoms with Gasteiger partial charge in [-0.05, 0) is 49.1 Å². The smallest absolute Gasteiger partial charge is 0.310 e. The first kappa shape index (κ1) is 28.0. The third-order valence-electron chi connectivity index (χ3n) is 8.68. The number of carboxylic acids is 1. The lowest BCUT2D eigenvalue weighted by atomic mass is 9.73. The van der Waals surface area contributed by atoms with Crippen LogP contribution in [0.15, 0.2) is 30.3 Å². The second-order valence-electron chi connectivity index (χ2n) is 11.0. The molecule has 3 heterocycles. The predicted molar refractivity (Wildman–Crippen MR) is 148 cm³/mol. The van der Waals surface area contributed by atoms with Gasteiger partial charge in [-0.1, -0.05) is 52.8 Å². The maximum atomic E-state index is 15.1. The zero-order chi connectivity index (χ0) is 28.7. The van der Waals surface area contributed by atoms with Crippen molar-refractivity contribution in [1.29, 1.82) is 0 Å². The second kappa shape index (κ2) is 9.70. The van der Waals surface area contributed by atoms with Crippen LogP contribution in [-0.2, 0) is 19.9 Å². The third kappa shape index (κ3) is 4.19. The molecule has 212 valence electrons. The number of carboxylic acid groups (broad SMARTS) is 1. The SMILES string of the molecule is O=C(O)C1[C@@H](C(=O)N(CC2CCC2)c2cc(Cl)cc(Cl)c2)[C@H]2CC(F)(F)CN2[C@]12C(=O)Nc1c(Cl)cc(Cl)cc12. The van der Waals surface area contributed by atoms with Gasteiger partial charge in [-0.25, -0.2) is 8.78 Å². The number of amides is 2. The molecule has 4 aliphatic rings. The summed E-state index contributed by atoms with van der Waals surface area (Å²) in [6.07, 6.45) is 1.90. The predicted octanol–water partition coefficient (Wildman–Crippen LogP) is 6.32. The summed E-state index contributed by atoms with van der Waals surface area (Å²) in [5.74, 6) is -9.35. The van der Waals surface area contributed by atoms with Crippen LogP contribution in [0.4, 0.5) is 20.2 Å². The second-order valence-corrected chi connectivity index (χ2v) is 12.7. The summed E-state index contributed by atoms with van der Waals surface area (Å²) >= 11 is 25.1. The highest BCUT2D eigenvalue weighted by Gasteiger charge is 2.74. The zero-order valence-corrected chi connectivity index (χ0v) is 23.8. The minimum Gasteiger partial charge on any atom is -0.481 e. The molecule has 4 atom stereocenters. The van der Waals surface area contributed by atoms with Gasteiger partial charge < -0.3 is 15.3 Å². The van der Waals surface area contributed by atoms with Crippen LogP contribution in [0, 0.1) is 17.8 Å². The largest absolute Gasteiger partial charge is 0.481 e. The van der Waals surface area contributed by atoms with E-state index in [-0.39, 0.29) is 43.8 Å². The number of alkyl halides is 2. The summed E-state index contributed by atoms with van der Waals surface area (Å²) < 4.78 is 30.2. The Kier molecular flexibility index (Phi) is 6.78. The van der Waals surface area contributed by atoms with Crippen molar-refractivity contribution in [2.75, 3.05) is 23.3 Å². The average molecular weight is 633 g/mol. The Morgan fingerprint density at radius 2 is 1.70 bits per heavy atom. The molecule has 13 heteroatoms. The van der Waals surface area contributed by atoms with Crippen molar-refractivity contribution in [2.45, 2.75) is 43.2 Å². The molecule has 40 heavy (non-hydrogen) atoms. The number of nitrogens with one attached hydrogen (secondary N) is 1. The molecule has 6 rings (SSSR count). The van der Waals surface area contributed by atoms with E-state index in [4.69, 9.17) is 46.4 Å². The first-order chi connectivity index (χ1) is 18.8. The molecule has 2 N–H and O–H groups in total. The molecule has 2 saturated heterocycles. The number of fused-ring (bicyclic) bond motifs is 4. The Labute approximate surface area is 248 Å². The molecule has 0 radical (unpaired) electrons. The lowest BCUT2D eigenvalue weighted by molar-refractivity contribution is -0.153. The molecule has 2 aromatic rings. The molecule has 3 fully saturated rings. The van der Waals surface area contributed by atoms with E-state index in [9.17, 15) is 19.5 Å². The number of carbonyl (C=O) groups is 3. The molecule has 1 aliphatic carbocycles. The lowest BCUT2D eigenvalue weighted by Crippen LogP contribution is -2.54. The summed E-state index contributed by atoms with van der Waals surface area (Å²) in [5, 5.41) is 13.9. The first-order valence-corrected chi connectivity index (χ1v) is 14.3. The number of nitrogens with zero attached hydrogens (tertiary/aromatic N) is 2. The third-order valence-corrected chi connectivity index (χ3v) is 9.63. The topological polar surface area (TPSA) is 90.0 Å². The monoisotopic (exact) mass is 631 g/mol. The Balaban J connectivity index is 1.54. The standard InChI is InChI=1S/C27H23Cl4F2N3O4/c28-13-4-14(29)6-16(5-13)35(10-12-2-1-3-12)23(37)20-19-9-26(32,33)11-36(19)27(21(20)24(38)39)17-7-15(30)8-18(31)22(17)34-25(27)40/h4-8,12,19-21H,1-3,9-11H2,(H,34,40)(H,38,39)/t19-,20+,21?,27+/m1/s1. The van der Waals surface area contributed by atoms with Crippen LogP contribution in [0.3, 0.4) is 0 Å². The van der Waals surface area contributed by atoms with E-state index in [1.807, 2.05) is 0 Å². The Morgan fingerprint density at radius 1 is 1.05 bits per heavy atom. The van der Waals surface area contributed by atoms with Gasteiger partial charge in [0.15, 0.2) is 0 Å². The van der Waals surface area contributed by atoms with Gasteiger partial charge in [0.1, 0.15) is 11.5 Å². The average Bonchev–Trinajstić information content (AvgIpc) is 3.38. The van der Waals surface area contributed by atoms with Crippen LogP contribution in [-0.4, -0.2) is 52.8 Å². The van der Waals surface area contributed by atoms with Crippen LogP contribution in [0.5, 0.6) is 0 Å². The number of hydrogen-bond acceptors (Lipinski definition) is 4. The molecular weight excluding hydrogens is 610 g/mol. The quantitative estimate of drug-likeness (QED) is 0.403. The lowest BCUT2D eigenvalue weighted by Gasteiger charge is -2.37. The number of carbonyl (C=O) groups excluding carboxylic acids is 2. The van der Waals surface area contributed by atoms with E-state index in [1.54, 1.807) is 0 Å². The van der Waals surface area contributed by atoms with Crippen LogP contribution in [0.25, 0.3) is 0 Å². The molecule has 1 unspecified atom stereocenters. The van der Waals surface area contributed by atoms with Crippen molar-refractivity contribution < 1.29 is 28.3 Å². The van der Waals surface area contributed by atoms with E-state index in [1.165, 1.54) is 40.1 Å². The van der Waals surface area contributed by atoms with Crippen molar-refractivity contribution in [3.63, 3.8) is 0 Å². The van der Waals surface area contributed by atoms with Crippen LogP contribution in [0.1, 0.15) is 31.2 Å². The maximum Gasteiger partial charge on any atom is 0.310 e. The van der Waals surface area contributed by atoms with Crippen molar-refractivity contribution in [1.82, 2.24) is 4.90 Å². The van der Waals surface area contributed by atoms with Crippen molar-refractivity contribution >= 4 is 75.6 Å². The normalized spacial score (nSPS) is 28.8. The van der Waals surface area contributed by atoms with Crippen LogP contribution in [0.2, 0.25) is 20.1 Å². The Hall–Kier alpha value is -2.17. The van der Waals surface area contributed by atoms with E-state index < -0.39 is 60.1 Å². The molecule has 7 nitrogen and oxygen atoms in total. The van der Waals surface area contributed by atoms with Crippen molar-refractivity contribution in [2.24, 2.45) is 17.8 Å². The highest BCUT2D eigenvalue weighted by molar-refractivity contribution is 6.38. The van der Waals surface area contributed by atoms with E-state index in [2.05, 4.69) is 5.32 Å². The Morgan fingerprint density at radius 3 is 2.30 bits per heavy atom. The minimum atomic E-state index is -3.27. The van der Waals surface area contributed by atoms with E-state index in [0.29, 0.717) is 5.69 Å². The van der Waals surface area contributed by atoms with Gasteiger partial charge in [-0.15, -0.1) is 0 Å². The molecule has 0 aromatic heterocycles.